The van der Waals surface area contributed by atoms with Crippen molar-refractivity contribution in [2.24, 2.45) is 0 Å². The first-order valence-corrected chi connectivity index (χ1v) is 5.53. The SMILES string of the molecule is Cc1cc(C(C)C)c2cccc(Cl)c2n1. The molecule has 0 saturated heterocycles. The zero-order chi connectivity index (χ0) is 11.0. The number of hydrogen-bond acceptors (Lipinski definition) is 1. The van der Waals surface area contributed by atoms with Gasteiger partial charge in [-0.15, -0.1) is 0 Å². The van der Waals surface area contributed by atoms with Gasteiger partial charge in [0.25, 0.3) is 0 Å². The molecule has 0 bridgehead atoms. The van der Waals surface area contributed by atoms with Crippen LogP contribution in [0.1, 0.15) is 31.0 Å². The van der Waals surface area contributed by atoms with Gasteiger partial charge in [-0.2, -0.15) is 0 Å². The van der Waals surface area contributed by atoms with Gasteiger partial charge >= 0.3 is 0 Å². The van der Waals surface area contributed by atoms with E-state index in [1.165, 1.54) is 10.9 Å². The summed E-state index contributed by atoms with van der Waals surface area (Å²) in [6.07, 6.45) is 0. The lowest BCUT2D eigenvalue weighted by molar-refractivity contribution is 0.871. The quantitative estimate of drug-likeness (QED) is 0.696. The van der Waals surface area contributed by atoms with E-state index in [0.717, 1.165) is 16.2 Å². The average molecular weight is 220 g/mol. The predicted octanol–water partition coefficient (Wildman–Crippen LogP) is 4.32. The fraction of sp³-hybridized carbons (Fsp3) is 0.308. The summed E-state index contributed by atoms with van der Waals surface area (Å²) < 4.78 is 0. The number of halogens is 1. The number of hydrogen-bond donors (Lipinski definition) is 0. The Morgan fingerprint density at radius 2 is 2.00 bits per heavy atom. The molecule has 0 aliphatic carbocycles. The Balaban J connectivity index is 2.86. The van der Waals surface area contributed by atoms with E-state index in [1.807, 2.05) is 19.1 Å². The van der Waals surface area contributed by atoms with E-state index in [4.69, 9.17) is 11.6 Å². The third kappa shape index (κ3) is 1.84. The van der Waals surface area contributed by atoms with Crippen LogP contribution in [0.5, 0.6) is 0 Å². The van der Waals surface area contributed by atoms with Gasteiger partial charge in [-0.3, -0.25) is 4.98 Å². The highest BCUT2D eigenvalue weighted by molar-refractivity contribution is 6.35. The number of benzene rings is 1. The van der Waals surface area contributed by atoms with Crippen LogP contribution in [0.2, 0.25) is 5.02 Å². The predicted molar refractivity (Wildman–Crippen MR) is 65.6 cm³/mol. The first-order chi connectivity index (χ1) is 7.09. The Kier molecular flexibility index (Phi) is 2.66. The van der Waals surface area contributed by atoms with Gasteiger partial charge in [0.2, 0.25) is 0 Å². The van der Waals surface area contributed by atoms with E-state index in [0.29, 0.717) is 5.92 Å². The summed E-state index contributed by atoms with van der Waals surface area (Å²) in [4.78, 5) is 4.49. The zero-order valence-electron chi connectivity index (χ0n) is 9.21. The first kappa shape index (κ1) is 10.4. The van der Waals surface area contributed by atoms with Gasteiger partial charge in [-0.25, -0.2) is 0 Å². The summed E-state index contributed by atoms with van der Waals surface area (Å²) >= 11 is 6.14. The van der Waals surface area contributed by atoms with Crippen LogP contribution >= 0.6 is 11.6 Å². The van der Waals surface area contributed by atoms with Crippen LogP contribution in [0.15, 0.2) is 24.3 Å². The van der Waals surface area contributed by atoms with Crippen molar-refractivity contribution in [1.82, 2.24) is 4.98 Å². The molecule has 78 valence electrons. The topological polar surface area (TPSA) is 12.9 Å². The third-order valence-electron chi connectivity index (χ3n) is 2.57. The molecule has 2 rings (SSSR count). The minimum absolute atomic E-state index is 0.493. The molecule has 0 unspecified atom stereocenters. The number of aromatic nitrogens is 1. The summed E-state index contributed by atoms with van der Waals surface area (Å²) in [6, 6.07) is 8.10. The molecule has 0 spiro atoms. The highest BCUT2D eigenvalue weighted by atomic mass is 35.5. The van der Waals surface area contributed by atoms with Gasteiger partial charge in [0.15, 0.2) is 0 Å². The van der Waals surface area contributed by atoms with Crippen molar-refractivity contribution in [3.63, 3.8) is 0 Å². The molecule has 0 radical (unpaired) electrons. The minimum Gasteiger partial charge on any atom is -0.252 e. The number of fused-ring (bicyclic) bond motifs is 1. The molecule has 0 saturated carbocycles. The van der Waals surface area contributed by atoms with Crippen LogP contribution in [0.4, 0.5) is 0 Å². The Hall–Kier alpha value is -1.08. The summed E-state index contributed by atoms with van der Waals surface area (Å²) in [6.45, 7) is 6.39. The van der Waals surface area contributed by atoms with E-state index < -0.39 is 0 Å². The minimum atomic E-state index is 0.493. The van der Waals surface area contributed by atoms with Crippen LogP contribution in [0, 0.1) is 6.92 Å². The highest BCUT2D eigenvalue weighted by Crippen LogP contribution is 2.29. The van der Waals surface area contributed by atoms with Crippen molar-refractivity contribution < 1.29 is 0 Å². The molecule has 1 nitrogen and oxygen atoms in total. The Labute approximate surface area is 95.1 Å². The summed E-state index contributed by atoms with van der Waals surface area (Å²) in [5.74, 6) is 0.493. The summed E-state index contributed by atoms with van der Waals surface area (Å²) in [5, 5.41) is 1.90. The van der Waals surface area contributed by atoms with E-state index in [-0.39, 0.29) is 0 Å². The fourth-order valence-corrected chi connectivity index (χ4v) is 2.07. The number of para-hydroxylation sites is 1. The second-order valence-electron chi connectivity index (χ2n) is 4.14. The molecule has 2 heteroatoms. The van der Waals surface area contributed by atoms with Crippen LogP contribution in [-0.4, -0.2) is 4.98 Å². The molecule has 1 heterocycles. The summed E-state index contributed by atoms with van der Waals surface area (Å²) in [7, 11) is 0. The number of pyridine rings is 1. The van der Waals surface area contributed by atoms with Crippen LogP contribution in [-0.2, 0) is 0 Å². The van der Waals surface area contributed by atoms with Crippen LogP contribution < -0.4 is 0 Å². The molecular formula is C13H14ClN. The Morgan fingerprint density at radius 3 is 2.67 bits per heavy atom. The molecule has 0 N–H and O–H groups in total. The average Bonchev–Trinajstić information content (AvgIpc) is 2.18. The van der Waals surface area contributed by atoms with Crippen LogP contribution in [0.3, 0.4) is 0 Å². The maximum atomic E-state index is 6.14. The normalized spacial score (nSPS) is 11.3. The molecular weight excluding hydrogens is 206 g/mol. The van der Waals surface area contributed by atoms with Gasteiger partial charge in [0, 0.05) is 11.1 Å². The van der Waals surface area contributed by atoms with Crippen molar-refractivity contribution in [2.45, 2.75) is 26.7 Å². The van der Waals surface area contributed by atoms with Gasteiger partial charge in [0.1, 0.15) is 0 Å². The van der Waals surface area contributed by atoms with E-state index >= 15 is 0 Å². The number of nitrogens with zero attached hydrogens (tertiary/aromatic N) is 1. The second-order valence-corrected chi connectivity index (χ2v) is 4.55. The zero-order valence-corrected chi connectivity index (χ0v) is 9.97. The maximum absolute atomic E-state index is 6.14. The monoisotopic (exact) mass is 219 g/mol. The number of aryl methyl sites for hydroxylation is 1. The van der Waals surface area contributed by atoms with Crippen molar-refractivity contribution in [2.75, 3.05) is 0 Å². The van der Waals surface area contributed by atoms with Crippen molar-refractivity contribution in [1.29, 1.82) is 0 Å². The lowest BCUT2D eigenvalue weighted by Crippen LogP contribution is -1.94. The molecule has 2 aromatic rings. The summed E-state index contributed by atoms with van der Waals surface area (Å²) in [5.41, 5.74) is 3.27. The second kappa shape index (κ2) is 3.82. The van der Waals surface area contributed by atoms with Crippen molar-refractivity contribution in [3.8, 4) is 0 Å². The highest BCUT2D eigenvalue weighted by Gasteiger charge is 2.09. The lowest BCUT2D eigenvalue weighted by Gasteiger charge is -2.11. The van der Waals surface area contributed by atoms with Gasteiger partial charge in [-0.05, 0) is 30.5 Å². The molecule has 1 aromatic heterocycles. The van der Waals surface area contributed by atoms with Gasteiger partial charge in [0.05, 0.1) is 10.5 Å². The number of rotatable bonds is 1. The van der Waals surface area contributed by atoms with Crippen molar-refractivity contribution in [3.05, 3.63) is 40.5 Å². The smallest absolute Gasteiger partial charge is 0.0894 e. The van der Waals surface area contributed by atoms with Crippen molar-refractivity contribution >= 4 is 22.5 Å². The fourth-order valence-electron chi connectivity index (χ4n) is 1.85. The van der Waals surface area contributed by atoms with Gasteiger partial charge < -0.3 is 0 Å². The van der Waals surface area contributed by atoms with E-state index in [9.17, 15) is 0 Å². The third-order valence-corrected chi connectivity index (χ3v) is 2.88. The molecule has 1 aromatic carbocycles. The standard InChI is InChI=1S/C13H14ClN/c1-8(2)11-7-9(3)15-13-10(11)5-4-6-12(13)14/h4-8H,1-3H3. The lowest BCUT2D eigenvalue weighted by atomic mass is 9.98. The molecule has 0 atom stereocenters. The molecule has 0 aliphatic rings. The Bertz CT molecular complexity index is 503. The first-order valence-electron chi connectivity index (χ1n) is 5.15. The van der Waals surface area contributed by atoms with Crippen LogP contribution in [0.25, 0.3) is 10.9 Å². The van der Waals surface area contributed by atoms with Gasteiger partial charge in [-0.1, -0.05) is 37.6 Å². The Morgan fingerprint density at radius 1 is 1.27 bits per heavy atom. The maximum Gasteiger partial charge on any atom is 0.0894 e. The molecule has 0 fully saturated rings. The van der Waals surface area contributed by atoms with E-state index in [1.54, 1.807) is 0 Å². The largest absolute Gasteiger partial charge is 0.252 e. The molecule has 0 amide bonds. The molecule has 15 heavy (non-hydrogen) atoms. The van der Waals surface area contributed by atoms with E-state index in [2.05, 4.69) is 31.0 Å². The molecule has 0 aliphatic heterocycles.